The summed E-state index contributed by atoms with van der Waals surface area (Å²) in [6.07, 6.45) is 0.662. The second-order valence-electron chi connectivity index (χ2n) is 3.13. The van der Waals surface area contributed by atoms with Gasteiger partial charge in [0.25, 0.3) is 0 Å². The fourth-order valence-electron chi connectivity index (χ4n) is 1.24. The molecular formula is C10H15ClF2N2O. The molecule has 0 aliphatic carbocycles. The molecule has 0 saturated carbocycles. The number of hydrogen-bond donors (Lipinski definition) is 2. The van der Waals surface area contributed by atoms with Crippen LogP contribution in [0.3, 0.4) is 0 Å². The van der Waals surface area contributed by atoms with Crippen LogP contribution < -0.4 is 16.2 Å². The first-order valence-electron chi connectivity index (χ1n) is 4.64. The van der Waals surface area contributed by atoms with Crippen LogP contribution in [0.2, 0.25) is 0 Å². The molecule has 0 saturated heterocycles. The third kappa shape index (κ3) is 4.74. The minimum Gasteiger partial charge on any atom is -0.435 e. The number of benzene rings is 1. The van der Waals surface area contributed by atoms with Gasteiger partial charge in [-0.25, -0.2) is 0 Å². The van der Waals surface area contributed by atoms with Crippen molar-refractivity contribution in [3.05, 3.63) is 29.8 Å². The predicted octanol–water partition coefficient (Wildman–Crippen LogP) is 2.06. The summed E-state index contributed by atoms with van der Waals surface area (Å²) in [5.74, 6) is 0.133. The Morgan fingerprint density at radius 1 is 1.19 bits per heavy atom. The molecule has 0 heterocycles. The monoisotopic (exact) mass is 252 g/mol. The molecule has 0 aliphatic heterocycles. The molecule has 6 heteroatoms. The molecule has 0 aliphatic rings. The van der Waals surface area contributed by atoms with Crippen LogP contribution >= 0.6 is 12.4 Å². The summed E-state index contributed by atoms with van der Waals surface area (Å²) in [6.45, 7) is -2.30. The highest BCUT2D eigenvalue weighted by Crippen LogP contribution is 2.19. The lowest BCUT2D eigenvalue weighted by Gasteiger charge is -2.11. The van der Waals surface area contributed by atoms with Crippen molar-refractivity contribution in [3.63, 3.8) is 0 Å². The Hall–Kier alpha value is -0.910. The lowest BCUT2D eigenvalue weighted by Crippen LogP contribution is -2.15. The van der Waals surface area contributed by atoms with Crippen LogP contribution in [0.4, 0.5) is 8.78 Å². The van der Waals surface area contributed by atoms with Crippen molar-refractivity contribution in [2.75, 3.05) is 6.54 Å². The van der Waals surface area contributed by atoms with Crippen LogP contribution in [0.1, 0.15) is 18.0 Å². The zero-order valence-corrected chi connectivity index (χ0v) is 9.42. The summed E-state index contributed by atoms with van der Waals surface area (Å²) in [4.78, 5) is 0. The van der Waals surface area contributed by atoms with Crippen molar-refractivity contribution in [1.29, 1.82) is 0 Å². The van der Waals surface area contributed by atoms with Gasteiger partial charge in [0.15, 0.2) is 0 Å². The van der Waals surface area contributed by atoms with Gasteiger partial charge in [-0.15, -0.1) is 12.4 Å². The molecular weight excluding hydrogens is 238 g/mol. The second-order valence-corrected chi connectivity index (χ2v) is 3.13. The molecule has 4 N–H and O–H groups in total. The van der Waals surface area contributed by atoms with Gasteiger partial charge >= 0.3 is 6.61 Å². The minimum absolute atomic E-state index is 0. The van der Waals surface area contributed by atoms with Crippen LogP contribution in [0.15, 0.2) is 24.3 Å². The number of rotatable bonds is 5. The van der Waals surface area contributed by atoms with Gasteiger partial charge in [-0.3, -0.25) is 0 Å². The molecule has 1 rings (SSSR count). The minimum atomic E-state index is -2.80. The van der Waals surface area contributed by atoms with Crippen molar-refractivity contribution in [1.82, 2.24) is 0 Å². The maximum Gasteiger partial charge on any atom is 0.387 e. The van der Waals surface area contributed by atoms with E-state index in [1.165, 1.54) is 12.1 Å². The topological polar surface area (TPSA) is 61.3 Å². The number of alkyl halides is 2. The van der Waals surface area contributed by atoms with E-state index in [1.54, 1.807) is 12.1 Å². The Kier molecular flexibility index (Phi) is 6.96. The van der Waals surface area contributed by atoms with Crippen molar-refractivity contribution in [2.45, 2.75) is 19.1 Å². The SMILES string of the molecule is Cl.NCC[C@H](N)c1ccc(OC(F)F)cc1. The summed E-state index contributed by atoms with van der Waals surface area (Å²) in [6, 6.07) is 6.11. The van der Waals surface area contributed by atoms with Crippen molar-refractivity contribution < 1.29 is 13.5 Å². The predicted molar refractivity (Wildman–Crippen MR) is 60.9 cm³/mol. The van der Waals surface area contributed by atoms with Crippen molar-refractivity contribution >= 4 is 12.4 Å². The molecule has 3 nitrogen and oxygen atoms in total. The number of nitrogens with two attached hydrogens (primary N) is 2. The Bertz CT molecular complexity index is 295. The number of ether oxygens (including phenoxy) is 1. The third-order valence-corrected chi connectivity index (χ3v) is 2.01. The van der Waals surface area contributed by atoms with Crippen LogP contribution in [-0.4, -0.2) is 13.2 Å². The smallest absolute Gasteiger partial charge is 0.387 e. The average molecular weight is 253 g/mol. The first-order chi connectivity index (χ1) is 7.13. The molecule has 0 bridgehead atoms. The number of hydrogen-bond acceptors (Lipinski definition) is 3. The summed E-state index contributed by atoms with van der Waals surface area (Å²) in [5, 5.41) is 0. The van der Waals surface area contributed by atoms with Gasteiger partial charge in [0.1, 0.15) is 5.75 Å². The van der Waals surface area contributed by atoms with E-state index in [9.17, 15) is 8.78 Å². The van der Waals surface area contributed by atoms with Gasteiger partial charge in [0.2, 0.25) is 0 Å². The maximum absolute atomic E-state index is 11.8. The Labute approximate surface area is 99.2 Å². The molecule has 0 radical (unpaired) electrons. The van der Waals surface area contributed by atoms with Crippen molar-refractivity contribution in [2.24, 2.45) is 11.5 Å². The maximum atomic E-state index is 11.8. The zero-order valence-electron chi connectivity index (χ0n) is 8.61. The summed E-state index contributed by atoms with van der Waals surface area (Å²) >= 11 is 0. The van der Waals surface area contributed by atoms with Gasteiger partial charge < -0.3 is 16.2 Å². The zero-order chi connectivity index (χ0) is 11.3. The van der Waals surface area contributed by atoms with E-state index in [-0.39, 0.29) is 24.2 Å². The molecule has 1 aromatic carbocycles. The molecule has 1 aromatic rings. The van der Waals surface area contributed by atoms with E-state index in [1.807, 2.05) is 0 Å². The van der Waals surface area contributed by atoms with Gasteiger partial charge in [-0.05, 0) is 30.7 Å². The summed E-state index contributed by atoms with van der Waals surface area (Å²) in [7, 11) is 0. The average Bonchev–Trinajstić information content (AvgIpc) is 2.18. The highest BCUT2D eigenvalue weighted by atomic mass is 35.5. The molecule has 0 spiro atoms. The first kappa shape index (κ1) is 15.1. The lowest BCUT2D eigenvalue weighted by atomic mass is 10.1. The second kappa shape index (κ2) is 7.38. The van der Waals surface area contributed by atoms with Gasteiger partial charge in [-0.1, -0.05) is 12.1 Å². The molecule has 0 amide bonds. The van der Waals surface area contributed by atoms with Crippen LogP contribution in [0, 0.1) is 0 Å². The number of halogens is 3. The first-order valence-corrected chi connectivity index (χ1v) is 4.64. The van der Waals surface area contributed by atoms with Crippen LogP contribution in [0.5, 0.6) is 5.75 Å². The molecule has 0 fully saturated rings. The Balaban J connectivity index is 0.00000225. The standard InChI is InChI=1S/C10H14F2N2O.ClH/c11-10(12)15-8-3-1-7(2-4-8)9(14)5-6-13;/h1-4,9-10H,5-6,13-14H2;1H/t9-;/m0./s1. The largest absolute Gasteiger partial charge is 0.435 e. The van der Waals surface area contributed by atoms with Crippen molar-refractivity contribution in [3.8, 4) is 5.75 Å². The summed E-state index contributed by atoms with van der Waals surface area (Å²) in [5.41, 5.74) is 12.0. The highest BCUT2D eigenvalue weighted by molar-refractivity contribution is 5.85. The molecule has 16 heavy (non-hydrogen) atoms. The van der Waals surface area contributed by atoms with Crippen LogP contribution in [0.25, 0.3) is 0 Å². The van der Waals surface area contributed by atoms with E-state index in [0.717, 1.165) is 5.56 Å². The fourth-order valence-corrected chi connectivity index (χ4v) is 1.24. The Morgan fingerprint density at radius 2 is 1.75 bits per heavy atom. The Morgan fingerprint density at radius 3 is 2.19 bits per heavy atom. The van der Waals surface area contributed by atoms with Gasteiger partial charge in [0, 0.05) is 6.04 Å². The molecule has 92 valence electrons. The third-order valence-electron chi connectivity index (χ3n) is 2.01. The van der Waals surface area contributed by atoms with E-state index < -0.39 is 6.61 Å². The quantitative estimate of drug-likeness (QED) is 0.843. The fraction of sp³-hybridized carbons (Fsp3) is 0.400. The van der Waals surface area contributed by atoms with Crippen LogP contribution in [-0.2, 0) is 0 Å². The molecule has 0 aromatic heterocycles. The van der Waals surface area contributed by atoms with E-state index >= 15 is 0 Å². The van der Waals surface area contributed by atoms with E-state index in [4.69, 9.17) is 11.5 Å². The lowest BCUT2D eigenvalue weighted by molar-refractivity contribution is -0.0498. The highest BCUT2D eigenvalue weighted by Gasteiger charge is 2.07. The summed E-state index contributed by atoms with van der Waals surface area (Å²) < 4.78 is 27.9. The van der Waals surface area contributed by atoms with Gasteiger partial charge in [0.05, 0.1) is 0 Å². The molecule has 0 unspecified atom stereocenters. The van der Waals surface area contributed by atoms with Gasteiger partial charge in [-0.2, -0.15) is 8.78 Å². The van der Waals surface area contributed by atoms with E-state index in [2.05, 4.69) is 4.74 Å². The molecule has 1 atom stereocenters. The normalized spacial score (nSPS) is 12.1. The van der Waals surface area contributed by atoms with E-state index in [0.29, 0.717) is 13.0 Å².